The number of carboxylic acid groups (broad SMARTS) is 1. The second-order valence-corrected chi connectivity index (χ2v) is 5.36. The standard InChI is InChI=1S/C16H18ClNO3/c1-10-4-5-12-13(9-11(2)16(19)20)15(17)18(6-7-21-3)14(12)8-10/h4-5,8-9H,6-7H2,1-3H3,(H,19,20)/b11-9+. The van der Waals surface area contributed by atoms with E-state index >= 15 is 0 Å². The Labute approximate surface area is 128 Å². The Balaban J connectivity index is 2.68. The van der Waals surface area contributed by atoms with Crippen molar-refractivity contribution in [3.63, 3.8) is 0 Å². The van der Waals surface area contributed by atoms with E-state index in [-0.39, 0.29) is 5.57 Å². The van der Waals surface area contributed by atoms with Gasteiger partial charge in [0, 0.05) is 30.2 Å². The summed E-state index contributed by atoms with van der Waals surface area (Å²) in [4.78, 5) is 11.0. The third-order valence-corrected chi connectivity index (χ3v) is 3.82. The first-order valence-corrected chi connectivity index (χ1v) is 7.02. The number of aryl methyl sites for hydroxylation is 1. The molecule has 0 bridgehead atoms. The van der Waals surface area contributed by atoms with Crippen molar-refractivity contribution >= 4 is 34.5 Å². The Morgan fingerprint density at radius 3 is 2.81 bits per heavy atom. The van der Waals surface area contributed by atoms with Crippen molar-refractivity contribution in [2.75, 3.05) is 13.7 Å². The van der Waals surface area contributed by atoms with Crippen LogP contribution in [0.2, 0.25) is 5.15 Å². The molecule has 0 fully saturated rings. The molecule has 0 radical (unpaired) electrons. The number of fused-ring (bicyclic) bond motifs is 1. The van der Waals surface area contributed by atoms with E-state index in [1.165, 1.54) is 0 Å². The van der Waals surface area contributed by atoms with Gasteiger partial charge in [-0.05, 0) is 31.6 Å². The second kappa shape index (κ2) is 6.33. The van der Waals surface area contributed by atoms with Crippen LogP contribution in [0.15, 0.2) is 23.8 Å². The van der Waals surface area contributed by atoms with E-state index in [1.54, 1.807) is 20.1 Å². The van der Waals surface area contributed by atoms with Gasteiger partial charge in [0.25, 0.3) is 0 Å². The quantitative estimate of drug-likeness (QED) is 0.856. The first-order chi connectivity index (χ1) is 9.95. The fourth-order valence-electron chi connectivity index (χ4n) is 2.27. The third kappa shape index (κ3) is 3.12. The van der Waals surface area contributed by atoms with E-state index in [1.807, 2.05) is 29.7 Å². The monoisotopic (exact) mass is 307 g/mol. The maximum absolute atomic E-state index is 11.0. The van der Waals surface area contributed by atoms with Crippen LogP contribution >= 0.6 is 11.6 Å². The highest BCUT2D eigenvalue weighted by Gasteiger charge is 2.15. The van der Waals surface area contributed by atoms with Crippen LogP contribution in [0.5, 0.6) is 0 Å². The summed E-state index contributed by atoms with van der Waals surface area (Å²) in [6, 6.07) is 6.01. The van der Waals surface area contributed by atoms with Gasteiger partial charge < -0.3 is 14.4 Å². The van der Waals surface area contributed by atoms with E-state index < -0.39 is 5.97 Å². The number of halogens is 1. The Bertz CT molecular complexity index is 716. The first kappa shape index (κ1) is 15.6. The Morgan fingerprint density at radius 2 is 2.19 bits per heavy atom. The lowest BCUT2D eigenvalue weighted by Gasteiger charge is -2.06. The van der Waals surface area contributed by atoms with Gasteiger partial charge in [0.15, 0.2) is 0 Å². The van der Waals surface area contributed by atoms with Crippen LogP contribution in [0.1, 0.15) is 18.1 Å². The van der Waals surface area contributed by atoms with Crippen molar-refractivity contribution in [1.82, 2.24) is 4.57 Å². The molecule has 0 saturated heterocycles. The number of aliphatic carboxylic acids is 1. The summed E-state index contributed by atoms with van der Waals surface area (Å²) in [6.45, 7) is 4.73. The lowest BCUT2D eigenvalue weighted by molar-refractivity contribution is -0.132. The molecular weight excluding hydrogens is 290 g/mol. The van der Waals surface area contributed by atoms with Crippen molar-refractivity contribution in [2.24, 2.45) is 0 Å². The molecule has 5 heteroatoms. The van der Waals surface area contributed by atoms with Crippen LogP contribution < -0.4 is 0 Å². The largest absolute Gasteiger partial charge is 0.478 e. The molecule has 4 nitrogen and oxygen atoms in total. The van der Waals surface area contributed by atoms with Crippen LogP contribution in [-0.4, -0.2) is 29.4 Å². The van der Waals surface area contributed by atoms with Gasteiger partial charge in [0.05, 0.1) is 12.1 Å². The molecular formula is C16H18ClNO3. The number of methoxy groups -OCH3 is 1. The van der Waals surface area contributed by atoms with Crippen molar-refractivity contribution in [2.45, 2.75) is 20.4 Å². The molecule has 1 aromatic carbocycles. The second-order valence-electron chi connectivity index (χ2n) is 5.00. The molecule has 1 N–H and O–H groups in total. The highest BCUT2D eigenvalue weighted by Crippen LogP contribution is 2.32. The Kier molecular flexibility index (Phi) is 4.70. The highest BCUT2D eigenvalue weighted by molar-refractivity contribution is 6.33. The van der Waals surface area contributed by atoms with Crippen molar-refractivity contribution in [1.29, 1.82) is 0 Å². The summed E-state index contributed by atoms with van der Waals surface area (Å²) in [5.74, 6) is -0.948. The minimum absolute atomic E-state index is 0.253. The van der Waals surface area contributed by atoms with E-state index in [2.05, 4.69) is 0 Å². The number of aromatic nitrogens is 1. The zero-order valence-electron chi connectivity index (χ0n) is 12.3. The number of hydrogen-bond acceptors (Lipinski definition) is 2. The minimum atomic E-state index is -0.948. The molecule has 1 aromatic heterocycles. The van der Waals surface area contributed by atoms with Gasteiger partial charge in [0.2, 0.25) is 0 Å². The molecule has 0 aliphatic heterocycles. The van der Waals surface area contributed by atoms with Gasteiger partial charge in [-0.2, -0.15) is 0 Å². The molecule has 0 saturated carbocycles. The van der Waals surface area contributed by atoms with Crippen molar-refractivity contribution in [3.8, 4) is 0 Å². The molecule has 1 heterocycles. The number of carbonyl (C=O) groups is 1. The minimum Gasteiger partial charge on any atom is -0.478 e. The first-order valence-electron chi connectivity index (χ1n) is 6.64. The van der Waals surface area contributed by atoms with Crippen LogP contribution in [-0.2, 0) is 16.1 Å². The van der Waals surface area contributed by atoms with E-state index in [9.17, 15) is 4.79 Å². The van der Waals surface area contributed by atoms with Crippen LogP contribution in [0.3, 0.4) is 0 Å². The summed E-state index contributed by atoms with van der Waals surface area (Å²) in [5, 5.41) is 10.5. The number of rotatable bonds is 5. The average molecular weight is 308 g/mol. The predicted octanol–water partition coefficient (Wildman–Crippen LogP) is 3.74. The number of nitrogens with zero attached hydrogens (tertiary/aromatic N) is 1. The third-order valence-electron chi connectivity index (χ3n) is 3.41. The normalized spacial score (nSPS) is 12.1. The fraction of sp³-hybridized carbons (Fsp3) is 0.312. The molecule has 0 aliphatic rings. The average Bonchev–Trinajstić information content (AvgIpc) is 2.68. The summed E-state index contributed by atoms with van der Waals surface area (Å²) >= 11 is 6.46. The van der Waals surface area contributed by atoms with E-state index in [0.717, 1.165) is 22.0 Å². The zero-order valence-corrected chi connectivity index (χ0v) is 13.1. The summed E-state index contributed by atoms with van der Waals surface area (Å²) < 4.78 is 7.07. The van der Waals surface area contributed by atoms with Crippen LogP contribution in [0.4, 0.5) is 0 Å². The Morgan fingerprint density at radius 1 is 1.48 bits per heavy atom. The molecule has 21 heavy (non-hydrogen) atoms. The topological polar surface area (TPSA) is 51.5 Å². The maximum atomic E-state index is 11.0. The summed E-state index contributed by atoms with van der Waals surface area (Å²) in [5.41, 5.74) is 3.10. The van der Waals surface area contributed by atoms with Gasteiger partial charge in [-0.15, -0.1) is 0 Å². The maximum Gasteiger partial charge on any atom is 0.331 e. The van der Waals surface area contributed by atoms with Gasteiger partial charge >= 0.3 is 5.97 Å². The van der Waals surface area contributed by atoms with Crippen molar-refractivity contribution in [3.05, 3.63) is 40.1 Å². The lowest BCUT2D eigenvalue weighted by atomic mass is 10.1. The number of hydrogen-bond donors (Lipinski definition) is 1. The number of ether oxygens (including phenoxy) is 1. The van der Waals surface area contributed by atoms with E-state index in [0.29, 0.717) is 18.3 Å². The molecule has 0 amide bonds. The molecule has 2 aromatic rings. The molecule has 0 unspecified atom stereocenters. The van der Waals surface area contributed by atoms with Crippen LogP contribution in [0.25, 0.3) is 17.0 Å². The van der Waals surface area contributed by atoms with Crippen molar-refractivity contribution < 1.29 is 14.6 Å². The zero-order chi connectivity index (χ0) is 15.6. The predicted molar refractivity (Wildman–Crippen MR) is 84.8 cm³/mol. The number of benzene rings is 1. The lowest BCUT2D eigenvalue weighted by Crippen LogP contribution is -2.04. The highest BCUT2D eigenvalue weighted by atomic mass is 35.5. The van der Waals surface area contributed by atoms with Gasteiger partial charge in [-0.25, -0.2) is 4.79 Å². The summed E-state index contributed by atoms with van der Waals surface area (Å²) in [7, 11) is 1.64. The number of carboxylic acids is 1. The Hall–Kier alpha value is -1.78. The molecule has 0 spiro atoms. The van der Waals surface area contributed by atoms with E-state index in [4.69, 9.17) is 21.4 Å². The van der Waals surface area contributed by atoms with Gasteiger partial charge in [-0.3, -0.25) is 0 Å². The molecule has 0 aliphatic carbocycles. The van der Waals surface area contributed by atoms with Crippen LogP contribution in [0, 0.1) is 6.92 Å². The molecule has 2 rings (SSSR count). The summed E-state index contributed by atoms with van der Waals surface area (Å²) in [6.07, 6.45) is 1.62. The van der Waals surface area contributed by atoms with Gasteiger partial charge in [0.1, 0.15) is 5.15 Å². The molecule has 0 atom stereocenters. The molecule has 112 valence electrons. The fourth-order valence-corrected chi connectivity index (χ4v) is 2.60. The van der Waals surface area contributed by atoms with Gasteiger partial charge in [-0.1, -0.05) is 23.7 Å². The SMILES string of the molecule is COCCn1c(Cl)c(/C=C(\C)C(=O)O)c2ccc(C)cc21. The smallest absolute Gasteiger partial charge is 0.331 e.